The van der Waals surface area contributed by atoms with E-state index in [0.717, 1.165) is 18.5 Å². The van der Waals surface area contributed by atoms with Gasteiger partial charge in [0.1, 0.15) is 0 Å². The highest BCUT2D eigenvalue weighted by Crippen LogP contribution is 2.28. The first-order valence-corrected chi connectivity index (χ1v) is 6.49. The van der Waals surface area contributed by atoms with E-state index >= 15 is 0 Å². The molecule has 2 heterocycles. The molecule has 1 aliphatic rings. The van der Waals surface area contributed by atoms with E-state index in [1.54, 1.807) is 18.6 Å². The van der Waals surface area contributed by atoms with Gasteiger partial charge in [-0.3, -0.25) is 9.97 Å². The molecule has 2 N–H and O–H groups in total. The maximum Gasteiger partial charge on any atom is 0.315 e. The first-order valence-electron chi connectivity index (χ1n) is 6.49. The van der Waals surface area contributed by atoms with Crippen molar-refractivity contribution in [3.63, 3.8) is 0 Å². The fourth-order valence-electron chi connectivity index (χ4n) is 2.08. The second kappa shape index (κ2) is 5.97. The lowest BCUT2D eigenvalue weighted by Crippen LogP contribution is -2.40. The minimum absolute atomic E-state index is 0.0670. The Morgan fingerprint density at radius 3 is 2.95 bits per heavy atom. The van der Waals surface area contributed by atoms with Crippen LogP contribution in [0.25, 0.3) is 0 Å². The molecular formula is C13H20N4O2. The normalized spacial score (nSPS) is 21.1. The Bertz CT molecular complexity index is 422. The molecule has 6 nitrogen and oxygen atoms in total. The smallest absolute Gasteiger partial charge is 0.315 e. The quantitative estimate of drug-likeness (QED) is 0.857. The number of hydrogen-bond donors (Lipinski definition) is 2. The van der Waals surface area contributed by atoms with E-state index < -0.39 is 0 Å². The Balaban J connectivity index is 1.65. The van der Waals surface area contributed by atoms with Crippen molar-refractivity contribution >= 4 is 6.03 Å². The summed E-state index contributed by atoms with van der Waals surface area (Å²) in [4.78, 5) is 19.6. The molecular weight excluding hydrogens is 244 g/mol. The number of ether oxygens (including phenoxy) is 1. The fraction of sp³-hybridized carbons (Fsp3) is 0.615. The second-order valence-corrected chi connectivity index (χ2v) is 5.30. The molecule has 0 aliphatic carbocycles. The highest BCUT2D eigenvalue weighted by molar-refractivity contribution is 5.73. The molecule has 0 spiro atoms. The van der Waals surface area contributed by atoms with Crippen molar-refractivity contribution in [2.75, 3.05) is 6.54 Å². The molecule has 104 valence electrons. The lowest BCUT2D eigenvalue weighted by atomic mass is 10.1. The molecule has 1 saturated heterocycles. The Kier molecular flexibility index (Phi) is 4.31. The SMILES string of the molecule is CC1(C)CCC(CNC(=O)NCc2cnccn2)O1. The predicted octanol–water partition coefficient (Wildman–Crippen LogP) is 1.23. The van der Waals surface area contributed by atoms with Crippen LogP contribution < -0.4 is 10.6 Å². The van der Waals surface area contributed by atoms with E-state index in [9.17, 15) is 4.79 Å². The maximum atomic E-state index is 11.6. The highest BCUT2D eigenvalue weighted by Gasteiger charge is 2.31. The number of aromatic nitrogens is 2. The molecule has 0 aromatic carbocycles. The van der Waals surface area contributed by atoms with Gasteiger partial charge in [-0.15, -0.1) is 0 Å². The fourth-order valence-corrected chi connectivity index (χ4v) is 2.08. The van der Waals surface area contributed by atoms with E-state index in [0.29, 0.717) is 13.1 Å². The van der Waals surface area contributed by atoms with Gasteiger partial charge in [-0.25, -0.2) is 4.79 Å². The van der Waals surface area contributed by atoms with Crippen LogP contribution in [0.3, 0.4) is 0 Å². The summed E-state index contributed by atoms with van der Waals surface area (Å²) in [6.07, 6.45) is 6.95. The van der Waals surface area contributed by atoms with Crippen LogP contribution in [0.4, 0.5) is 4.79 Å². The molecule has 2 rings (SSSR count). The van der Waals surface area contributed by atoms with Gasteiger partial charge in [0, 0.05) is 18.9 Å². The van der Waals surface area contributed by atoms with E-state index in [1.165, 1.54) is 0 Å². The molecule has 19 heavy (non-hydrogen) atoms. The first kappa shape index (κ1) is 13.7. The second-order valence-electron chi connectivity index (χ2n) is 5.30. The molecule has 0 radical (unpaired) electrons. The molecule has 2 amide bonds. The van der Waals surface area contributed by atoms with Gasteiger partial charge in [-0.05, 0) is 26.7 Å². The molecule has 1 aromatic heterocycles. The van der Waals surface area contributed by atoms with Crippen molar-refractivity contribution < 1.29 is 9.53 Å². The summed E-state index contributed by atoms with van der Waals surface area (Å²) < 4.78 is 5.80. The van der Waals surface area contributed by atoms with Crippen molar-refractivity contribution in [3.05, 3.63) is 24.3 Å². The Hall–Kier alpha value is -1.69. The standard InChI is InChI=1S/C13H20N4O2/c1-13(2)4-3-11(19-13)9-17-12(18)16-8-10-7-14-5-6-15-10/h5-7,11H,3-4,8-9H2,1-2H3,(H2,16,17,18). The van der Waals surface area contributed by atoms with Crippen LogP contribution in [0.2, 0.25) is 0 Å². The minimum Gasteiger partial charge on any atom is -0.371 e. The zero-order valence-corrected chi connectivity index (χ0v) is 11.3. The van der Waals surface area contributed by atoms with Gasteiger partial charge in [0.25, 0.3) is 0 Å². The van der Waals surface area contributed by atoms with E-state index in [-0.39, 0.29) is 17.7 Å². The van der Waals surface area contributed by atoms with Gasteiger partial charge >= 0.3 is 6.03 Å². The van der Waals surface area contributed by atoms with Crippen LogP contribution in [0.15, 0.2) is 18.6 Å². The van der Waals surface area contributed by atoms with Crippen molar-refractivity contribution in [1.29, 1.82) is 0 Å². The van der Waals surface area contributed by atoms with Gasteiger partial charge in [0.15, 0.2) is 0 Å². The number of nitrogens with one attached hydrogen (secondary N) is 2. The summed E-state index contributed by atoms with van der Waals surface area (Å²) in [6.45, 7) is 5.05. The number of nitrogens with zero attached hydrogens (tertiary/aromatic N) is 2. The monoisotopic (exact) mass is 264 g/mol. The molecule has 6 heteroatoms. The van der Waals surface area contributed by atoms with Gasteiger partial charge in [-0.2, -0.15) is 0 Å². The highest BCUT2D eigenvalue weighted by atomic mass is 16.5. The van der Waals surface area contributed by atoms with Crippen molar-refractivity contribution in [1.82, 2.24) is 20.6 Å². The van der Waals surface area contributed by atoms with Crippen molar-refractivity contribution in [2.45, 2.75) is 44.9 Å². The number of carbonyl (C=O) groups is 1. The van der Waals surface area contributed by atoms with Gasteiger partial charge < -0.3 is 15.4 Å². The molecule has 1 aromatic rings. The largest absolute Gasteiger partial charge is 0.371 e. The summed E-state index contributed by atoms with van der Waals surface area (Å²) in [7, 11) is 0. The number of amides is 2. The van der Waals surface area contributed by atoms with Crippen molar-refractivity contribution in [3.8, 4) is 0 Å². The third kappa shape index (κ3) is 4.48. The summed E-state index contributed by atoms with van der Waals surface area (Å²) in [6, 6.07) is -0.209. The number of urea groups is 1. The molecule has 0 saturated carbocycles. The summed E-state index contributed by atoms with van der Waals surface area (Å²) >= 11 is 0. The van der Waals surface area contributed by atoms with Crippen LogP contribution in [0, 0.1) is 0 Å². The van der Waals surface area contributed by atoms with Crippen LogP contribution in [-0.2, 0) is 11.3 Å². The summed E-state index contributed by atoms with van der Waals surface area (Å²) in [5.74, 6) is 0. The number of rotatable bonds is 4. The van der Waals surface area contributed by atoms with E-state index in [2.05, 4.69) is 34.4 Å². The van der Waals surface area contributed by atoms with E-state index in [1.807, 2.05) is 0 Å². The average Bonchev–Trinajstić information content (AvgIpc) is 2.75. The summed E-state index contributed by atoms with van der Waals surface area (Å²) in [5.41, 5.74) is 0.665. The molecule has 1 aliphatic heterocycles. The molecule has 1 fully saturated rings. The topological polar surface area (TPSA) is 76.1 Å². The van der Waals surface area contributed by atoms with Crippen LogP contribution in [-0.4, -0.2) is 34.2 Å². The lowest BCUT2D eigenvalue weighted by molar-refractivity contribution is -0.0131. The van der Waals surface area contributed by atoms with Gasteiger partial charge in [-0.1, -0.05) is 0 Å². The third-order valence-corrected chi connectivity index (χ3v) is 3.09. The Labute approximate surface area is 113 Å². The number of hydrogen-bond acceptors (Lipinski definition) is 4. The molecule has 1 atom stereocenters. The van der Waals surface area contributed by atoms with E-state index in [4.69, 9.17) is 4.74 Å². The molecule has 1 unspecified atom stereocenters. The van der Waals surface area contributed by atoms with Crippen LogP contribution in [0.1, 0.15) is 32.4 Å². The Morgan fingerprint density at radius 2 is 2.32 bits per heavy atom. The summed E-state index contributed by atoms with van der Waals surface area (Å²) in [5, 5.41) is 5.54. The first-order chi connectivity index (χ1) is 9.05. The zero-order valence-electron chi connectivity index (χ0n) is 11.3. The lowest BCUT2D eigenvalue weighted by Gasteiger charge is -2.19. The van der Waals surface area contributed by atoms with Crippen LogP contribution in [0.5, 0.6) is 0 Å². The zero-order chi connectivity index (χ0) is 13.7. The third-order valence-electron chi connectivity index (χ3n) is 3.09. The average molecular weight is 264 g/mol. The maximum absolute atomic E-state index is 11.6. The number of carbonyl (C=O) groups excluding carboxylic acids is 1. The van der Waals surface area contributed by atoms with Crippen LogP contribution >= 0.6 is 0 Å². The predicted molar refractivity (Wildman–Crippen MR) is 70.5 cm³/mol. The Morgan fingerprint density at radius 1 is 1.47 bits per heavy atom. The van der Waals surface area contributed by atoms with Gasteiger partial charge in [0.05, 0.1) is 30.1 Å². The molecule has 0 bridgehead atoms. The minimum atomic E-state index is -0.209. The van der Waals surface area contributed by atoms with Crippen molar-refractivity contribution in [2.24, 2.45) is 0 Å². The van der Waals surface area contributed by atoms with Gasteiger partial charge in [0.2, 0.25) is 0 Å².